The van der Waals surface area contributed by atoms with Gasteiger partial charge in [0.25, 0.3) is 0 Å². The van der Waals surface area contributed by atoms with E-state index in [-0.39, 0.29) is 0 Å². The third-order valence-corrected chi connectivity index (χ3v) is 3.82. The van der Waals surface area contributed by atoms with Crippen LogP contribution in [0.3, 0.4) is 0 Å². The summed E-state index contributed by atoms with van der Waals surface area (Å²) in [5.74, 6) is 0. The minimum absolute atomic E-state index is 0.573. The fourth-order valence-electron chi connectivity index (χ4n) is 2.10. The number of rotatable bonds is 5. The molecular weight excluding hydrogens is 300 g/mol. The molecule has 0 aliphatic carbocycles. The number of nitrogens with zero attached hydrogens (tertiary/aromatic N) is 1. The van der Waals surface area contributed by atoms with Gasteiger partial charge >= 0.3 is 0 Å². The molecule has 2 N–H and O–H groups in total. The van der Waals surface area contributed by atoms with Gasteiger partial charge in [-0.05, 0) is 46.1 Å². The first-order chi connectivity index (χ1) is 9.24. The smallest absolute Gasteiger partial charge is 0.0513 e. The zero-order chi connectivity index (χ0) is 13.7. The van der Waals surface area contributed by atoms with Crippen LogP contribution in [0.25, 0.3) is 0 Å². The van der Waals surface area contributed by atoms with E-state index < -0.39 is 0 Å². The van der Waals surface area contributed by atoms with Crippen molar-refractivity contribution in [2.75, 3.05) is 11.4 Å². The Bertz CT molecular complexity index is 526. The molecule has 0 bridgehead atoms. The molecule has 0 aliphatic rings. The van der Waals surface area contributed by atoms with Crippen LogP contribution >= 0.6 is 15.9 Å². The monoisotopic (exact) mass is 318 g/mol. The summed E-state index contributed by atoms with van der Waals surface area (Å²) in [6, 6.07) is 16.8. The van der Waals surface area contributed by atoms with Gasteiger partial charge in [-0.15, -0.1) is 0 Å². The lowest BCUT2D eigenvalue weighted by Crippen LogP contribution is -2.22. The lowest BCUT2D eigenvalue weighted by Gasteiger charge is -2.25. The third-order valence-electron chi connectivity index (χ3n) is 3.19. The predicted octanol–water partition coefficient (Wildman–Crippen LogP) is 3.93. The average Bonchev–Trinajstić information content (AvgIpc) is 2.46. The van der Waals surface area contributed by atoms with Crippen LogP contribution < -0.4 is 10.6 Å². The van der Waals surface area contributed by atoms with Crippen molar-refractivity contribution in [3.63, 3.8) is 0 Å². The highest BCUT2D eigenvalue weighted by Gasteiger charge is 2.09. The van der Waals surface area contributed by atoms with Crippen LogP contribution in [0.2, 0.25) is 0 Å². The van der Waals surface area contributed by atoms with Gasteiger partial charge in [0.1, 0.15) is 0 Å². The Morgan fingerprint density at radius 2 is 1.79 bits per heavy atom. The van der Waals surface area contributed by atoms with Crippen molar-refractivity contribution in [1.29, 1.82) is 0 Å². The summed E-state index contributed by atoms with van der Waals surface area (Å²) in [7, 11) is 0. The topological polar surface area (TPSA) is 29.3 Å². The molecular formula is C16H19BrN2. The molecule has 2 rings (SSSR count). The average molecular weight is 319 g/mol. The van der Waals surface area contributed by atoms with Gasteiger partial charge in [0.2, 0.25) is 0 Å². The molecule has 0 spiro atoms. The van der Waals surface area contributed by atoms with E-state index in [1.807, 2.05) is 6.07 Å². The van der Waals surface area contributed by atoms with Gasteiger partial charge in [0.05, 0.1) is 5.69 Å². The molecule has 100 valence electrons. The van der Waals surface area contributed by atoms with Gasteiger partial charge in [0, 0.05) is 24.1 Å². The Labute approximate surface area is 123 Å². The highest BCUT2D eigenvalue weighted by atomic mass is 79.9. The van der Waals surface area contributed by atoms with Crippen molar-refractivity contribution in [3.05, 3.63) is 64.1 Å². The number of anilines is 1. The Hall–Kier alpha value is -1.32. The van der Waals surface area contributed by atoms with Crippen molar-refractivity contribution in [2.45, 2.75) is 20.0 Å². The molecule has 0 fully saturated rings. The Kier molecular flexibility index (Phi) is 5.00. The SMILES string of the molecule is CCN(Cc1ccccc1)c1ccc(CN)cc1Br. The largest absolute Gasteiger partial charge is 0.367 e. The van der Waals surface area contributed by atoms with Gasteiger partial charge in [-0.3, -0.25) is 0 Å². The van der Waals surface area contributed by atoms with Crippen LogP contribution in [0.1, 0.15) is 18.1 Å². The summed E-state index contributed by atoms with van der Waals surface area (Å²) >= 11 is 3.65. The summed E-state index contributed by atoms with van der Waals surface area (Å²) < 4.78 is 1.10. The lowest BCUT2D eigenvalue weighted by molar-refractivity contribution is 0.829. The van der Waals surface area contributed by atoms with E-state index in [9.17, 15) is 0 Å². The molecule has 0 aromatic heterocycles. The van der Waals surface area contributed by atoms with Gasteiger partial charge in [-0.25, -0.2) is 0 Å². The normalized spacial score (nSPS) is 10.5. The Morgan fingerprint density at radius 3 is 2.37 bits per heavy atom. The molecule has 2 aromatic rings. The van der Waals surface area contributed by atoms with Crippen molar-refractivity contribution in [1.82, 2.24) is 0 Å². The summed E-state index contributed by atoms with van der Waals surface area (Å²) in [4.78, 5) is 2.35. The highest BCUT2D eigenvalue weighted by molar-refractivity contribution is 9.10. The van der Waals surface area contributed by atoms with Crippen molar-refractivity contribution in [2.24, 2.45) is 5.73 Å². The molecule has 0 aliphatic heterocycles. The van der Waals surface area contributed by atoms with Gasteiger partial charge in [0.15, 0.2) is 0 Å². The van der Waals surface area contributed by atoms with Gasteiger partial charge in [-0.1, -0.05) is 36.4 Å². The van der Waals surface area contributed by atoms with Crippen molar-refractivity contribution >= 4 is 21.6 Å². The highest BCUT2D eigenvalue weighted by Crippen LogP contribution is 2.28. The standard InChI is InChI=1S/C16H19BrN2/c1-2-19(12-13-6-4-3-5-7-13)16-9-8-14(11-18)10-15(16)17/h3-10H,2,11-12,18H2,1H3. The molecule has 3 heteroatoms. The quantitative estimate of drug-likeness (QED) is 0.904. The fourth-order valence-corrected chi connectivity index (χ4v) is 2.78. The van der Waals surface area contributed by atoms with Gasteiger partial charge < -0.3 is 10.6 Å². The molecule has 0 amide bonds. The van der Waals surface area contributed by atoms with E-state index in [1.165, 1.54) is 11.3 Å². The second kappa shape index (κ2) is 6.73. The molecule has 0 saturated heterocycles. The summed E-state index contributed by atoms with van der Waals surface area (Å²) in [6.07, 6.45) is 0. The van der Waals surface area contributed by atoms with E-state index in [2.05, 4.69) is 70.2 Å². The van der Waals surface area contributed by atoms with Crippen LogP contribution in [0.15, 0.2) is 53.0 Å². The Balaban J connectivity index is 2.22. The molecule has 0 saturated carbocycles. The van der Waals surface area contributed by atoms with E-state index in [4.69, 9.17) is 5.73 Å². The summed E-state index contributed by atoms with van der Waals surface area (Å²) in [5, 5.41) is 0. The third kappa shape index (κ3) is 3.58. The minimum atomic E-state index is 0.573. The number of halogens is 1. The predicted molar refractivity (Wildman–Crippen MR) is 85.2 cm³/mol. The molecule has 0 atom stereocenters. The van der Waals surface area contributed by atoms with Gasteiger partial charge in [-0.2, -0.15) is 0 Å². The summed E-state index contributed by atoms with van der Waals surface area (Å²) in [6.45, 7) is 4.63. The van der Waals surface area contributed by atoms with Crippen LogP contribution in [-0.4, -0.2) is 6.54 Å². The zero-order valence-electron chi connectivity index (χ0n) is 11.1. The maximum absolute atomic E-state index is 5.67. The van der Waals surface area contributed by atoms with Crippen LogP contribution in [-0.2, 0) is 13.1 Å². The number of hydrogen-bond acceptors (Lipinski definition) is 2. The molecule has 0 unspecified atom stereocenters. The molecule has 0 heterocycles. The summed E-state index contributed by atoms with van der Waals surface area (Å²) in [5.41, 5.74) is 9.34. The molecule has 19 heavy (non-hydrogen) atoms. The molecule has 2 aromatic carbocycles. The maximum atomic E-state index is 5.67. The van der Waals surface area contributed by atoms with E-state index in [0.717, 1.165) is 23.1 Å². The van der Waals surface area contributed by atoms with Crippen LogP contribution in [0.5, 0.6) is 0 Å². The van der Waals surface area contributed by atoms with Crippen LogP contribution in [0.4, 0.5) is 5.69 Å². The molecule has 0 radical (unpaired) electrons. The number of hydrogen-bond donors (Lipinski definition) is 1. The van der Waals surface area contributed by atoms with E-state index >= 15 is 0 Å². The lowest BCUT2D eigenvalue weighted by atomic mass is 10.1. The minimum Gasteiger partial charge on any atom is -0.367 e. The molecule has 2 nitrogen and oxygen atoms in total. The first kappa shape index (κ1) is 14.1. The first-order valence-electron chi connectivity index (χ1n) is 6.52. The zero-order valence-corrected chi connectivity index (χ0v) is 12.7. The fraction of sp³-hybridized carbons (Fsp3) is 0.250. The second-order valence-corrected chi connectivity index (χ2v) is 5.34. The maximum Gasteiger partial charge on any atom is 0.0513 e. The number of benzene rings is 2. The van der Waals surface area contributed by atoms with Crippen molar-refractivity contribution < 1.29 is 0 Å². The first-order valence-corrected chi connectivity index (χ1v) is 7.31. The van der Waals surface area contributed by atoms with E-state index in [1.54, 1.807) is 0 Å². The second-order valence-electron chi connectivity index (χ2n) is 4.49. The van der Waals surface area contributed by atoms with Crippen molar-refractivity contribution in [3.8, 4) is 0 Å². The number of nitrogens with two attached hydrogens (primary N) is 1. The van der Waals surface area contributed by atoms with Crippen LogP contribution in [0, 0.1) is 0 Å². The Morgan fingerprint density at radius 1 is 1.05 bits per heavy atom. The van der Waals surface area contributed by atoms with E-state index in [0.29, 0.717) is 6.54 Å².